The Hall–Kier alpha value is -4.62. The van der Waals surface area contributed by atoms with Crippen molar-refractivity contribution in [2.24, 2.45) is 0 Å². The highest BCUT2D eigenvalue weighted by Gasteiger charge is 2.43. The van der Waals surface area contributed by atoms with Gasteiger partial charge in [0, 0.05) is 19.7 Å². The van der Waals surface area contributed by atoms with Gasteiger partial charge in [-0.15, -0.1) is 0 Å². The predicted octanol–water partition coefficient (Wildman–Crippen LogP) is 2.96. The Morgan fingerprint density at radius 2 is 1.78 bits per heavy atom. The monoisotopic (exact) mass is 651 g/mol. The molecule has 12 nitrogen and oxygen atoms in total. The zero-order chi connectivity index (χ0) is 32.8. The average molecular weight is 652 g/mol. The Morgan fingerprint density at radius 3 is 2.48 bits per heavy atom. The molecule has 1 fully saturated rings. The van der Waals surface area contributed by atoms with E-state index in [2.05, 4.69) is 5.32 Å². The Labute approximate surface area is 268 Å². The summed E-state index contributed by atoms with van der Waals surface area (Å²) in [6.07, 6.45) is 1.79. The van der Waals surface area contributed by atoms with Crippen molar-refractivity contribution in [2.45, 2.75) is 36.3 Å². The summed E-state index contributed by atoms with van der Waals surface area (Å²) in [6, 6.07) is 16.7. The van der Waals surface area contributed by atoms with E-state index in [1.807, 2.05) is 6.07 Å². The lowest BCUT2D eigenvalue weighted by Gasteiger charge is -2.33. The van der Waals surface area contributed by atoms with Crippen molar-refractivity contribution in [3.05, 3.63) is 83.4 Å². The first kappa shape index (κ1) is 32.8. The van der Waals surface area contributed by atoms with Crippen LogP contribution in [0.15, 0.2) is 71.6 Å². The molecule has 0 spiro atoms. The molecule has 0 aromatic heterocycles. The maximum atomic E-state index is 14.2. The number of benzene rings is 3. The quantitative estimate of drug-likeness (QED) is 0.295. The minimum Gasteiger partial charge on any atom is -0.497 e. The summed E-state index contributed by atoms with van der Waals surface area (Å²) in [5.41, 5.74) is 1.21. The lowest BCUT2D eigenvalue weighted by molar-refractivity contribution is -0.141. The number of hydrogen-bond donors (Lipinski definition) is 1. The van der Waals surface area contributed by atoms with E-state index in [0.717, 1.165) is 18.4 Å². The molecule has 2 heterocycles. The molecule has 2 unspecified atom stereocenters. The molecule has 0 aliphatic carbocycles. The van der Waals surface area contributed by atoms with Gasteiger partial charge in [-0.05, 0) is 66.8 Å². The number of hydrogen-bond acceptors (Lipinski definition) is 9. The van der Waals surface area contributed by atoms with Gasteiger partial charge in [0.25, 0.3) is 15.9 Å². The van der Waals surface area contributed by atoms with Crippen molar-refractivity contribution < 1.29 is 41.7 Å². The minimum absolute atomic E-state index is 0.00142. The molecule has 2 atom stereocenters. The van der Waals surface area contributed by atoms with Gasteiger partial charge in [-0.2, -0.15) is 0 Å². The van der Waals surface area contributed by atoms with Gasteiger partial charge in [0.05, 0.1) is 33.0 Å². The molecule has 3 amide bonds. The summed E-state index contributed by atoms with van der Waals surface area (Å²) < 4.78 is 49.2. The molecule has 2 aliphatic heterocycles. The number of carbonyl (C=O) groups is 3. The van der Waals surface area contributed by atoms with Gasteiger partial charge in [0.1, 0.15) is 23.2 Å². The highest BCUT2D eigenvalue weighted by atomic mass is 32.2. The van der Waals surface area contributed by atoms with Gasteiger partial charge in [-0.25, -0.2) is 12.7 Å². The third kappa shape index (κ3) is 6.80. The maximum Gasteiger partial charge on any atom is 0.269 e. The standard InChI is InChI=1S/C33H37N3O9S/c1-42-24-9-6-8-23(19-24)31(32(38)34-20-25-10-7-17-45-25)35(16-15-22-13-14-27(43-2)28(18-22)44-3)30(37)21-36-33(39)26-11-4-5-12-29(26)46(36,40)41/h4-6,8-9,11-14,18-19,25,31H,7,10,15-17,20-21H2,1-3H3,(H,34,38). The predicted molar refractivity (Wildman–Crippen MR) is 167 cm³/mol. The Kier molecular flexibility index (Phi) is 10.1. The van der Waals surface area contributed by atoms with E-state index in [9.17, 15) is 22.8 Å². The smallest absolute Gasteiger partial charge is 0.269 e. The molecule has 0 radical (unpaired) electrons. The Morgan fingerprint density at radius 1 is 1.00 bits per heavy atom. The number of methoxy groups -OCH3 is 3. The molecule has 13 heteroatoms. The van der Waals surface area contributed by atoms with Crippen molar-refractivity contribution in [3.8, 4) is 17.2 Å². The van der Waals surface area contributed by atoms with Gasteiger partial charge < -0.3 is 29.2 Å². The molecule has 244 valence electrons. The maximum absolute atomic E-state index is 14.2. The first-order valence-corrected chi connectivity index (χ1v) is 16.3. The number of carbonyl (C=O) groups excluding carboxylic acids is 3. The van der Waals surface area contributed by atoms with Gasteiger partial charge in [-0.3, -0.25) is 14.4 Å². The Balaban J connectivity index is 1.51. The second kappa shape index (κ2) is 14.2. The van der Waals surface area contributed by atoms with Crippen molar-refractivity contribution in [3.63, 3.8) is 0 Å². The number of sulfonamides is 1. The van der Waals surface area contributed by atoms with E-state index in [-0.39, 0.29) is 36.1 Å². The van der Waals surface area contributed by atoms with Crippen LogP contribution >= 0.6 is 0 Å². The summed E-state index contributed by atoms with van der Waals surface area (Å²) in [5.74, 6) is -0.532. The highest BCUT2D eigenvalue weighted by molar-refractivity contribution is 7.90. The van der Waals surface area contributed by atoms with Crippen molar-refractivity contribution in [1.29, 1.82) is 0 Å². The number of rotatable bonds is 13. The van der Waals surface area contributed by atoms with Crippen LogP contribution in [0.2, 0.25) is 0 Å². The van der Waals surface area contributed by atoms with Crippen LogP contribution in [-0.4, -0.2) is 89.0 Å². The van der Waals surface area contributed by atoms with Crippen LogP contribution in [0, 0.1) is 0 Å². The number of amides is 3. The van der Waals surface area contributed by atoms with Crippen LogP contribution in [-0.2, 0) is 30.8 Å². The van der Waals surface area contributed by atoms with E-state index in [1.165, 1.54) is 44.4 Å². The van der Waals surface area contributed by atoms with Crippen LogP contribution in [0.5, 0.6) is 17.2 Å². The van der Waals surface area contributed by atoms with E-state index < -0.39 is 40.3 Å². The fourth-order valence-electron chi connectivity index (χ4n) is 5.69. The normalized spacial score (nSPS) is 17.2. The molecular weight excluding hydrogens is 614 g/mol. The fourth-order valence-corrected chi connectivity index (χ4v) is 7.20. The van der Waals surface area contributed by atoms with Gasteiger partial charge in [0.15, 0.2) is 11.5 Å². The second-order valence-electron chi connectivity index (χ2n) is 10.9. The summed E-state index contributed by atoms with van der Waals surface area (Å²) in [7, 11) is 0.251. The van der Waals surface area contributed by atoms with Crippen LogP contribution in [0.25, 0.3) is 0 Å². The number of nitrogens with one attached hydrogen (secondary N) is 1. The fraction of sp³-hybridized carbons (Fsp3) is 0.364. The first-order chi connectivity index (χ1) is 22.2. The van der Waals surface area contributed by atoms with E-state index in [0.29, 0.717) is 33.7 Å². The molecule has 0 saturated carbocycles. The van der Waals surface area contributed by atoms with Crippen molar-refractivity contribution in [2.75, 3.05) is 47.6 Å². The summed E-state index contributed by atoms with van der Waals surface area (Å²) in [4.78, 5) is 42.6. The highest BCUT2D eigenvalue weighted by Crippen LogP contribution is 2.32. The molecule has 46 heavy (non-hydrogen) atoms. The molecule has 1 N–H and O–H groups in total. The summed E-state index contributed by atoms with van der Waals surface area (Å²) in [5, 5.41) is 2.93. The van der Waals surface area contributed by atoms with E-state index in [1.54, 1.807) is 42.5 Å². The SMILES string of the molecule is COc1cccc(C(C(=O)NCC2CCCO2)N(CCc2ccc(OC)c(OC)c2)C(=O)CN2C(=O)c3ccccc3S2(=O)=O)c1. The first-order valence-electron chi connectivity index (χ1n) is 14.9. The number of ether oxygens (including phenoxy) is 4. The summed E-state index contributed by atoms with van der Waals surface area (Å²) >= 11 is 0. The van der Waals surface area contributed by atoms with Crippen molar-refractivity contribution in [1.82, 2.24) is 14.5 Å². The Bertz CT molecular complexity index is 1710. The minimum atomic E-state index is -4.28. The third-order valence-electron chi connectivity index (χ3n) is 8.10. The molecule has 1 saturated heterocycles. The van der Waals surface area contributed by atoms with Crippen LogP contribution in [0.4, 0.5) is 0 Å². The molecule has 3 aromatic carbocycles. The lowest BCUT2D eigenvalue weighted by atomic mass is 10.0. The topological polar surface area (TPSA) is 141 Å². The van der Waals surface area contributed by atoms with E-state index in [4.69, 9.17) is 18.9 Å². The van der Waals surface area contributed by atoms with Gasteiger partial charge in [-0.1, -0.05) is 30.3 Å². The molecular formula is C33H37N3O9S. The van der Waals surface area contributed by atoms with Gasteiger partial charge in [0.2, 0.25) is 11.8 Å². The number of fused-ring (bicyclic) bond motifs is 1. The van der Waals surface area contributed by atoms with Crippen LogP contribution in [0.1, 0.15) is 40.4 Å². The molecule has 5 rings (SSSR count). The van der Waals surface area contributed by atoms with Crippen LogP contribution in [0.3, 0.4) is 0 Å². The van der Waals surface area contributed by atoms with Crippen LogP contribution < -0.4 is 19.5 Å². The average Bonchev–Trinajstić information content (AvgIpc) is 3.66. The third-order valence-corrected chi connectivity index (χ3v) is 9.89. The van der Waals surface area contributed by atoms with E-state index >= 15 is 0 Å². The summed E-state index contributed by atoms with van der Waals surface area (Å²) in [6.45, 7) is 0.0572. The second-order valence-corrected chi connectivity index (χ2v) is 12.7. The lowest BCUT2D eigenvalue weighted by Crippen LogP contribution is -2.49. The number of nitrogens with zero attached hydrogens (tertiary/aromatic N) is 2. The molecule has 0 bridgehead atoms. The molecule has 3 aromatic rings. The largest absolute Gasteiger partial charge is 0.497 e. The zero-order valence-electron chi connectivity index (χ0n) is 25.9. The van der Waals surface area contributed by atoms with Gasteiger partial charge >= 0.3 is 0 Å². The zero-order valence-corrected chi connectivity index (χ0v) is 26.7. The van der Waals surface area contributed by atoms with Crippen molar-refractivity contribution >= 4 is 27.7 Å². The molecule has 2 aliphatic rings.